The van der Waals surface area contributed by atoms with Gasteiger partial charge in [-0.1, -0.05) is 6.07 Å². The van der Waals surface area contributed by atoms with Crippen LogP contribution in [0.4, 0.5) is 4.39 Å². The first-order valence-corrected chi connectivity index (χ1v) is 7.63. The number of hydrogen-bond acceptors (Lipinski definition) is 2. The van der Waals surface area contributed by atoms with Crippen molar-refractivity contribution in [2.75, 3.05) is 7.05 Å². The van der Waals surface area contributed by atoms with Crippen molar-refractivity contribution >= 4 is 15.9 Å². The molecule has 2 rings (SSSR count). The van der Waals surface area contributed by atoms with Gasteiger partial charge in [-0.25, -0.2) is 4.39 Å². The number of rotatable bonds is 4. The molecule has 0 aliphatic heterocycles. The summed E-state index contributed by atoms with van der Waals surface area (Å²) in [6, 6.07) is 9.16. The lowest BCUT2D eigenvalue weighted by Crippen LogP contribution is -2.14. The number of ether oxygens (including phenoxy) is 1. The maximum atomic E-state index is 13.8. The van der Waals surface area contributed by atoms with Crippen molar-refractivity contribution in [2.24, 2.45) is 0 Å². The Morgan fingerprint density at radius 3 is 2.48 bits per heavy atom. The van der Waals surface area contributed by atoms with Gasteiger partial charge in [-0.15, -0.1) is 0 Å². The van der Waals surface area contributed by atoms with E-state index < -0.39 is 0 Å². The molecule has 21 heavy (non-hydrogen) atoms. The molecule has 0 bridgehead atoms. The molecule has 0 amide bonds. The second-order valence-electron chi connectivity index (χ2n) is 5.19. The predicted molar refractivity (Wildman–Crippen MR) is 87.6 cm³/mol. The summed E-state index contributed by atoms with van der Waals surface area (Å²) in [7, 11) is 1.84. The molecule has 2 nitrogen and oxygen atoms in total. The second-order valence-corrected chi connectivity index (χ2v) is 6.04. The molecule has 0 heterocycles. The van der Waals surface area contributed by atoms with Crippen LogP contribution in [0.3, 0.4) is 0 Å². The fraction of sp³-hybridized carbons (Fsp3) is 0.294. The van der Waals surface area contributed by atoms with Crippen molar-refractivity contribution in [3.63, 3.8) is 0 Å². The Hall–Kier alpha value is -1.39. The molecule has 0 radical (unpaired) electrons. The van der Waals surface area contributed by atoms with Crippen LogP contribution < -0.4 is 10.1 Å². The van der Waals surface area contributed by atoms with Gasteiger partial charge >= 0.3 is 0 Å². The molecule has 0 aromatic heterocycles. The van der Waals surface area contributed by atoms with Crippen molar-refractivity contribution in [2.45, 2.75) is 26.8 Å². The van der Waals surface area contributed by atoms with E-state index in [1.807, 2.05) is 39.1 Å². The average Bonchev–Trinajstić information content (AvgIpc) is 2.44. The van der Waals surface area contributed by atoms with Gasteiger partial charge in [-0.2, -0.15) is 0 Å². The quantitative estimate of drug-likeness (QED) is 0.809. The van der Waals surface area contributed by atoms with Gasteiger partial charge in [0.2, 0.25) is 0 Å². The van der Waals surface area contributed by atoms with Gasteiger partial charge in [-0.3, -0.25) is 0 Å². The summed E-state index contributed by atoms with van der Waals surface area (Å²) in [5.41, 5.74) is 2.52. The van der Waals surface area contributed by atoms with Gasteiger partial charge in [0, 0.05) is 11.6 Å². The Kier molecular flexibility index (Phi) is 5.01. The summed E-state index contributed by atoms with van der Waals surface area (Å²) in [6.07, 6.45) is 0. The minimum atomic E-state index is -0.220. The zero-order chi connectivity index (χ0) is 15.6. The average molecular weight is 352 g/mol. The van der Waals surface area contributed by atoms with E-state index in [0.29, 0.717) is 11.3 Å². The van der Waals surface area contributed by atoms with Crippen molar-refractivity contribution in [1.82, 2.24) is 5.32 Å². The van der Waals surface area contributed by atoms with Gasteiger partial charge in [0.25, 0.3) is 0 Å². The minimum absolute atomic E-state index is 0.000626. The fourth-order valence-corrected chi connectivity index (χ4v) is 2.63. The highest BCUT2D eigenvalue weighted by atomic mass is 79.9. The number of hydrogen-bond donors (Lipinski definition) is 1. The van der Waals surface area contributed by atoms with Crippen LogP contribution in [0.15, 0.2) is 34.8 Å². The van der Waals surface area contributed by atoms with Crippen LogP contribution in [-0.2, 0) is 0 Å². The Morgan fingerprint density at radius 1 is 1.14 bits per heavy atom. The molecule has 0 saturated heterocycles. The zero-order valence-corrected chi connectivity index (χ0v) is 14.2. The monoisotopic (exact) mass is 351 g/mol. The van der Waals surface area contributed by atoms with E-state index in [1.165, 1.54) is 6.07 Å². The Bertz CT molecular complexity index is 657. The predicted octanol–water partition coefficient (Wildman–Crippen LogP) is 5.28. The Balaban J connectivity index is 2.45. The third kappa shape index (κ3) is 3.63. The van der Waals surface area contributed by atoms with E-state index >= 15 is 0 Å². The molecule has 0 saturated carbocycles. The van der Waals surface area contributed by atoms with E-state index in [2.05, 4.69) is 21.2 Å². The fourth-order valence-electron chi connectivity index (χ4n) is 2.06. The van der Waals surface area contributed by atoms with Crippen LogP contribution in [0.1, 0.15) is 29.7 Å². The molecule has 4 heteroatoms. The summed E-state index contributed by atoms with van der Waals surface area (Å²) in [5, 5.41) is 3.12. The molecule has 1 unspecified atom stereocenters. The lowest BCUT2D eigenvalue weighted by molar-refractivity contribution is 0.459. The van der Waals surface area contributed by atoms with Crippen LogP contribution in [-0.4, -0.2) is 7.05 Å². The molecular weight excluding hydrogens is 333 g/mol. The number of halogens is 2. The first-order valence-electron chi connectivity index (χ1n) is 6.83. The lowest BCUT2D eigenvalue weighted by atomic mass is 10.0. The first-order chi connectivity index (χ1) is 9.92. The highest BCUT2D eigenvalue weighted by molar-refractivity contribution is 9.10. The number of aryl methyl sites for hydroxylation is 2. The van der Waals surface area contributed by atoms with Gasteiger partial charge in [0.15, 0.2) is 0 Å². The van der Waals surface area contributed by atoms with E-state index in [0.717, 1.165) is 21.3 Å². The van der Waals surface area contributed by atoms with Gasteiger partial charge < -0.3 is 10.1 Å². The van der Waals surface area contributed by atoms with Crippen LogP contribution in [0.25, 0.3) is 0 Å². The van der Waals surface area contributed by atoms with E-state index in [9.17, 15) is 4.39 Å². The highest BCUT2D eigenvalue weighted by Crippen LogP contribution is 2.35. The topological polar surface area (TPSA) is 21.3 Å². The highest BCUT2D eigenvalue weighted by Gasteiger charge is 2.15. The smallest absolute Gasteiger partial charge is 0.141 e. The zero-order valence-electron chi connectivity index (χ0n) is 12.6. The van der Waals surface area contributed by atoms with Crippen molar-refractivity contribution < 1.29 is 9.13 Å². The SMILES string of the molecule is CNC(C)c1cc(F)c(C)cc1Oc1ccc(C)cc1Br. The third-order valence-electron chi connectivity index (χ3n) is 3.50. The van der Waals surface area contributed by atoms with Crippen LogP contribution in [0.5, 0.6) is 11.5 Å². The molecule has 2 aromatic carbocycles. The standard InChI is InChI=1S/C17H19BrFNO/c1-10-5-6-16(14(18)7-10)21-17-8-11(2)15(19)9-13(17)12(3)20-4/h5-9,12,20H,1-4H3. The molecular formula is C17H19BrFNO. The largest absolute Gasteiger partial charge is 0.456 e. The van der Waals surface area contributed by atoms with E-state index in [1.54, 1.807) is 13.0 Å². The Labute approximate surface area is 133 Å². The van der Waals surface area contributed by atoms with Crippen LogP contribution in [0.2, 0.25) is 0 Å². The van der Waals surface area contributed by atoms with Crippen molar-refractivity contribution in [1.29, 1.82) is 0 Å². The van der Waals surface area contributed by atoms with Crippen molar-refractivity contribution in [3.8, 4) is 11.5 Å². The summed E-state index contributed by atoms with van der Waals surface area (Å²) < 4.78 is 20.7. The maximum absolute atomic E-state index is 13.8. The van der Waals surface area contributed by atoms with Crippen LogP contribution >= 0.6 is 15.9 Å². The Morgan fingerprint density at radius 2 is 1.86 bits per heavy atom. The van der Waals surface area contributed by atoms with Crippen molar-refractivity contribution in [3.05, 3.63) is 57.3 Å². The molecule has 0 spiro atoms. The number of benzene rings is 2. The van der Waals surface area contributed by atoms with Gasteiger partial charge in [-0.05, 0) is 79.1 Å². The van der Waals surface area contributed by atoms with E-state index in [-0.39, 0.29) is 11.9 Å². The molecule has 112 valence electrons. The van der Waals surface area contributed by atoms with Gasteiger partial charge in [0.1, 0.15) is 17.3 Å². The summed E-state index contributed by atoms with van der Waals surface area (Å²) in [4.78, 5) is 0. The molecule has 0 fully saturated rings. The van der Waals surface area contributed by atoms with Gasteiger partial charge in [0.05, 0.1) is 4.47 Å². The molecule has 2 aromatic rings. The summed E-state index contributed by atoms with van der Waals surface area (Å²) in [6.45, 7) is 5.73. The summed E-state index contributed by atoms with van der Waals surface area (Å²) >= 11 is 3.50. The second kappa shape index (κ2) is 6.58. The molecule has 1 atom stereocenters. The normalized spacial score (nSPS) is 12.3. The van der Waals surface area contributed by atoms with Crippen LogP contribution in [0, 0.1) is 19.7 Å². The maximum Gasteiger partial charge on any atom is 0.141 e. The third-order valence-corrected chi connectivity index (χ3v) is 4.12. The molecule has 0 aliphatic rings. The lowest BCUT2D eigenvalue weighted by Gasteiger charge is -2.18. The minimum Gasteiger partial charge on any atom is -0.456 e. The van der Waals surface area contributed by atoms with E-state index in [4.69, 9.17) is 4.74 Å². The number of nitrogens with one attached hydrogen (secondary N) is 1. The first kappa shape index (κ1) is 16.0. The molecule has 0 aliphatic carbocycles. The molecule has 1 N–H and O–H groups in total. The summed E-state index contributed by atoms with van der Waals surface area (Å²) in [5.74, 6) is 1.17.